The molecule has 0 aromatic carbocycles. The maximum atomic E-state index is 6.71. The van der Waals surface area contributed by atoms with E-state index in [9.17, 15) is 0 Å². The van der Waals surface area contributed by atoms with Crippen LogP contribution in [-0.2, 0) is 23.7 Å². The first-order valence-corrected chi connectivity index (χ1v) is 14.5. The maximum absolute atomic E-state index is 6.71. The van der Waals surface area contributed by atoms with Gasteiger partial charge in [-0.25, -0.2) is 0 Å². The summed E-state index contributed by atoms with van der Waals surface area (Å²) in [6.07, 6.45) is 12.3. The van der Waals surface area contributed by atoms with Gasteiger partial charge in [0.15, 0.2) is 0 Å². The Morgan fingerprint density at radius 3 is 1.62 bits per heavy atom. The van der Waals surface area contributed by atoms with E-state index in [-0.39, 0.29) is 12.2 Å². The number of hydrogen-bond donors (Lipinski definition) is 0. The molecule has 0 saturated heterocycles. The minimum Gasteiger partial charge on any atom is -0.343 e. The van der Waals surface area contributed by atoms with Gasteiger partial charge < -0.3 is 23.7 Å². The van der Waals surface area contributed by atoms with Gasteiger partial charge in [0.1, 0.15) is 0 Å². The van der Waals surface area contributed by atoms with E-state index in [0.29, 0.717) is 32.2 Å². The second kappa shape index (κ2) is 19.9. The van der Waals surface area contributed by atoms with Gasteiger partial charge in [0.25, 0.3) is 5.79 Å². The Balaban J connectivity index is 6.36. The van der Waals surface area contributed by atoms with Crippen molar-refractivity contribution in [3.05, 3.63) is 0 Å². The molecule has 3 atom stereocenters. The average Bonchev–Trinajstić information content (AvgIpc) is 2.79. The van der Waals surface area contributed by atoms with Crippen LogP contribution >= 0.6 is 0 Å². The van der Waals surface area contributed by atoms with Gasteiger partial charge in [-0.05, 0) is 52.4 Å². The molecule has 0 radical (unpaired) electrons. The van der Waals surface area contributed by atoms with Gasteiger partial charge in [0.05, 0.1) is 32.0 Å². The van der Waals surface area contributed by atoms with Crippen molar-refractivity contribution in [2.45, 2.75) is 163 Å². The van der Waals surface area contributed by atoms with Gasteiger partial charge in [-0.3, -0.25) is 0 Å². The molecular weight excluding hydrogens is 428 g/mol. The lowest BCUT2D eigenvalue weighted by atomic mass is 10.0. The normalized spacial score (nSPS) is 16.7. The first-order valence-electron chi connectivity index (χ1n) is 14.5. The summed E-state index contributed by atoms with van der Waals surface area (Å²) in [7, 11) is 0. The minimum absolute atomic E-state index is 0.0502. The van der Waals surface area contributed by atoms with Crippen molar-refractivity contribution >= 4 is 0 Å². The summed E-state index contributed by atoms with van der Waals surface area (Å²) in [4.78, 5) is 0. The Morgan fingerprint density at radius 2 is 1.12 bits per heavy atom. The molecule has 0 aliphatic rings. The quantitative estimate of drug-likeness (QED) is 0.100. The highest BCUT2D eigenvalue weighted by atomic mass is 16.9. The lowest BCUT2D eigenvalue weighted by Gasteiger charge is -2.49. The van der Waals surface area contributed by atoms with E-state index in [1.165, 1.54) is 12.8 Å². The van der Waals surface area contributed by atoms with E-state index >= 15 is 0 Å². The van der Waals surface area contributed by atoms with Gasteiger partial charge in [0.2, 0.25) is 0 Å². The minimum atomic E-state index is -1.39. The van der Waals surface area contributed by atoms with Gasteiger partial charge in [0, 0.05) is 6.42 Å². The summed E-state index contributed by atoms with van der Waals surface area (Å²) in [5.41, 5.74) is 0. The van der Waals surface area contributed by atoms with Crippen LogP contribution < -0.4 is 0 Å². The van der Waals surface area contributed by atoms with Crippen molar-refractivity contribution in [1.29, 1.82) is 0 Å². The van der Waals surface area contributed by atoms with Crippen molar-refractivity contribution in [1.82, 2.24) is 0 Å². The van der Waals surface area contributed by atoms with Crippen LogP contribution in [0, 0.1) is 5.92 Å². The van der Waals surface area contributed by atoms with Crippen LogP contribution in [0.4, 0.5) is 0 Å². The Kier molecular flexibility index (Phi) is 19.8. The molecule has 0 heterocycles. The zero-order valence-corrected chi connectivity index (χ0v) is 24.4. The van der Waals surface area contributed by atoms with Gasteiger partial charge in [-0.2, -0.15) is 0 Å². The van der Waals surface area contributed by atoms with E-state index < -0.39 is 11.8 Å². The third-order valence-corrected chi connectivity index (χ3v) is 5.91. The van der Waals surface area contributed by atoms with E-state index in [1.54, 1.807) is 0 Å². The predicted octanol–water partition coefficient (Wildman–Crippen LogP) is 8.63. The molecule has 0 saturated carbocycles. The molecule has 0 aliphatic heterocycles. The fourth-order valence-corrected chi connectivity index (χ4v) is 3.83. The van der Waals surface area contributed by atoms with Gasteiger partial charge >= 0.3 is 5.97 Å². The van der Waals surface area contributed by atoms with Gasteiger partial charge in [-0.15, -0.1) is 0 Å². The molecule has 0 amide bonds. The highest BCUT2D eigenvalue weighted by Gasteiger charge is 2.59. The van der Waals surface area contributed by atoms with Crippen LogP contribution in [0.3, 0.4) is 0 Å². The van der Waals surface area contributed by atoms with Crippen molar-refractivity contribution in [2.24, 2.45) is 5.92 Å². The average molecular weight is 489 g/mol. The first kappa shape index (κ1) is 33.8. The third-order valence-electron chi connectivity index (χ3n) is 5.91. The van der Waals surface area contributed by atoms with Crippen LogP contribution in [0.2, 0.25) is 0 Å². The third kappa shape index (κ3) is 13.2. The number of hydrogen-bond acceptors (Lipinski definition) is 5. The van der Waals surface area contributed by atoms with Crippen molar-refractivity contribution < 1.29 is 23.7 Å². The lowest BCUT2D eigenvalue weighted by Crippen LogP contribution is -2.64. The summed E-state index contributed by atoms with van der Waals surface area (Å²) in [5.74, 6) is -2.16. The molecule has 5 heteroatoms. The van der Waals surface area contributed by atoms with E-state index in [1.807, 2.05) is 0 Å². The van der Waals surface area contributed by atoms with E-state index in [0.717, 1.165) is 57.8 Å². The second-order valence-corrected chi connectivity index (χ2v) is 10.4. The largest absolute Gasteiger partial charge is 0.343 e. The zero-order chi connectivity index (χ0) is 25.9. The number of rotatable bonds is 24. The zero-order valence-electron chi connectivity index (χ0n) is 24.4. The number of unbranched alkanes of at least 4 members (excludes halogenated alkanes) is 7. The highest BCUT2D eigenvalue weighted by Crippen LogP contribution is 2.41. The molecule has 0 fully saturated rings. The molecule has 5 nitrogen and oxygen atoms in total. The van der Waals surface area contributed by atoms with Crippen LogP contribution in [0.25, 0.3) is 0 Å². The molecule has 0 aliphatic carbocycles. The predicted molar refractivity (Wildman–Crippen MR) is 143 cm³/mol. The molecule has 3 unspecified atom stereocenters. The summed E-state index contributed by atoms with van der Waals surface area (Å²) >= 11 is 0. The molecule has 0 rings (SSSR count). The Labute approximate surface area is 213 Å². The van der Waals surface area contributed by atoms with Crippen LogP contribution in [0.15, 0.2) is 0 Å². The fraction of sp³-hybridized carbons (Fsp3) is 1.00. The molecule has 0 spiro atoms. The first-order chi connectivity index (χ1) is 16.2. The standard InChI is InChI=1S/C29H60O5/c1-10-14-17-20-23-31-29(34-27(9)13-4,30-22-19-16-12-3)28(33-26(7)8,21-18-15-11-2)32-24-25(5)6/h25-27H,10-24H2,1-9H3. The summed E-state index contributed by atoms with van der Waals surface area (Å²) < 4.78 is 33.4. The second-order valence-electron chi connectivity index (χ2n) is 10.4. The Hall–Kier alpha value is -0.200. The highest BCUT2D eigenvalue weighted by molar-refractivity contribution is 4.86. The molecule has 0 N–H and O–H groups in total. The SMILES string of the molecule is CCCCCCOC(OCCCCC)(OC(C)CC)C(CCCCC)(OCC(C)C)OC(C)C. The van der Waals surface area contributed by atoms with Crippen LogP contribution in [-0.4, -0.2) is 43.8 Å². The summed E-state index contributed by atoms with van der Waals surface area (Å²) in [5, 5.41) is 0. The van der Waals surface area contributed by atoms with Crippen LogP contribution in [0.5, 0.6) is 0 Å². The van der Waals surface area contributed by atoms with E-state index in [4.69, 9.17) is 23.7 Å². The fourth-order valence-electron chi connectivity index (χ4n) is 3.83. The smallest absolute Gasteiger partial charge is 0.340 e. The van der Waals surface area contributed by atoms with Gasteiger partial charge in [-0.1, -0.05) is 86.5 Å². The molecular formula is C29H60O5. The molecule has 0 aromatic rings. The van der Waals surface area contributed by atoms with Crippen molar-refractivity contribution in [3.63, 3.8) is 0 Å². The van der Waals surface area contributed by atoms with Crippen molar-refractivity contribution in [2.75, 3.05) is 19.8 Å². The van der Waals surface area contributed by atoms with E-state index in [2.05, 4.69) is 62.3 Å². The molecule has 206 valence electrons. The molecule has 0 aromatic heterocycles. The summed E-state index contributed by atoms with van der Waals surface area (Å²) in [6, 6.07) is 0. The Bertz CT molecular complexity index is 456. The van der Waals surface area contributed by atoms with Crippen molar-refractivity contribution in [3.8, 4) is 0 Å². The maximum Gasteiger partial charge on any atom is 0.340 e. The topological polar surface area (TPSA) is 46.2 Å². The molecule has 0 bridgehead atoms. The molecule has 34 heavy (non-hydrogen) atoms. The Morgan fingerprint density at radius 1 is 0.588 bits per heavy atom. The monoisotopic (exact) mass is 488 g/mol. The summed E-state index contributed by atoms with van der Waals surface area (Å²) in [6.45, 7) is 21.0. The lowest BCUT2D eigenvalue weighted by molar-refractivity contribution is -0.510. The van der Waals surface area contributed by atoms with Crippen LogP contribution in [0.1, 0.15) is 139 Å². The number of ether oxygens (including phenoxy) is 5.